The molecule has 0 spiro atoms. The molecule has 108 valence electrons. The van der Waals surface area contributed by atoms with Crippen LogP contribution in [0, 0.1) is 0 Å². The maximum absolute atomic E-state index is 11.5. The molecule has 0 aromatic rings. The van der Waals surface area contributed by atoms with Crippen LogP contribution in [0.4, 0.5) is 0 Å². The van der Waals surface area contributed by atoms with E-state index in [2.05, 4.69) is 5.32 Å². The molecule has 3 amide bonds. The smallest absolute Gasteiger partial charge is 0.322 e. The van der Waals surface area contributed by atoms with Crippen LogP contribution in [0.5, 0.6) is 0 Å². The lowest BCUT2D eigenvalue weighted by Crippen LogP contribution is -2.54. The van der Waals surface area contributed by atoms with Crippen molar-refractivity contribution in [2.24, 2.45) is 11.5 Å². The second-order valence-electron chi connectivity index (χ2n) is 3.63. The number of aliphatic carboxylic acids is 1. The van der Waals surface area contributed by atoms with Crippen molar-refractivity contribution in [3.05, 3.63) is 0 Å². The molecular formula is C9H16N4O6. The molecule has 0 aliphatic heterocycles. The van der Waals surface area contributed by atoms with Crippen LogP contribution in [0.3, 0.4) is 0 Å². The largest absolute Gasteiger partial charge is 0.480 e. The Morgan fingerprint density at radius 2 is 1.74 bits per heavy atom. The van der Waals surface area contributed by atoms with Gasteiger partial charge in [-0.2, -0.15) is 0 Å². The van der Waals surface area contributed by atoms with Gasteiger partial charge in [0.25, 0.3) is 0 Å². The number of carbonyl (C=O) groups is 4. The molecule has 0 bridgehead atoms. The number of rotatable bonds is 8. The standard InChI is InChI=1S/C9H16N4O6/c10-4(3-14)8(18)13-5(1-6(11)15)9(19)12-2-7(16)17/h4-5,14H,1-3,10H2,(H2,11,15)(H,12,19)(H,13,18)(H,16,17). The topological polar surface area (TPSA) is 185 Å². The summed E-state index contributed by atoms with van der Waals surface area (Å²) in [6.45, 7) is -1.32. The molecule has 10 nitrogen and oxygen atoms in total. The Hall–Kier alpha value is -2.20. The van der Waals surface area contributed by atoms with Crippen LogP contribution in [0.15, 0.2) is 0 Å². The summed E-state index contributed by atoms with van der Waals surface area (Å²) in [5.74, 6) is -3.91. The zero-order chi connectivity index (χ0) is 15.0. The highest BCUT2D eigenvalue weighted by Gasteiger charge is 2.25. The van der Waals surface area contributed by atoms with Crippen molar-refractivity contribution in [1.82, 2.24) is 10.6 Å². The predicted octanol–water partition coefficient (Wildman–Crippen LogP) is -4.13. The number of carboxylic acids is 1. The van der Waals surface area contributed by atoms with E-state index >= 15 is 0 Å². The Bertz CT molecular complexity index is 372. The lowest BCUT2D eigenvalue weighted by Gasteiger charge is -2.18. The average Bonchev–Trinajstić information content (AvgIpc) is 2.33. The van der Waals surface area contributed by atoms with Gasteiger partial charge in [-0.3, -0.25) is 19.2 Å². The molecule has 0 saturated heterocycles. The van der Waals surface area contributed by atoms with Crippen LogP contribution in [-0.2, 0) is 19.2 Å². The third-order valence-corrected chi connectivity index (χ3v) is 1.99. The van der Waals surface area contributed by atoms with Crippen LogP contribution >= 0.6 is 0 Å². The molecule has 0 saturated carbocycles. The molecular weight excluding hydrogens is 260 g/mol. The minimum absolute atomic E-state index is 0.519. The summed E-state index contributed by atoms with van der Waals surface area (Å²) in [6, 6.07) is -2.61. The van der Waals surface area contributed by atoms with Crippen molar-refractivity contribution in [3.63, 3.8) is 0 Å². The van der Waals surface area contributed by atoms with Crippen molar-refractivity contribution >= 4 is 23.7 Å². The van der Waals surface area contributed by atoms with Gasteiger partial charge in [0, 0.05) is 0 Å². The SMILES string of the molecule is NC(=O)CC(NC(=O)C(N)CO)C(=O)NCC(=O)O. The number of nitrogens with two attached hydrogens (primary N) is 2. The Morgan fingerprint density at radius 1 is 1.16 bits per heavy atom. The third kappa shape index (κ3) is 6.95. The number of carboxylic acid groups (broad SMARTS) is 1. The van der Waals surface area contributed by atoms with E-state index in [1.54, 1.807) is 0 Å². The second kappa shape index (κ2) is 8.00. The molecule has 0 aliphatic rings. The Morgan fingerprint density at radius 3 is 2.16 bits per heavy atom. The summed E-state index contributed by atoms with van der Waals surface area (Å²) in [5, 5.41) is 21.1. The number of hydrogen-bond acceptors (Lipinski definition) is 6. The maximum Gasteiger partial charge on any atom is 0.322 e. The number of hydrogen-bond donors (Lipinski definition) is 6. The predicted molar refractivity (Wildman–Crippen MR) is 61.4 cm³/mol. The van der Waals surface area contributed by atoms with E-state index in [4.69, 9.17) is 21.7 Å². The quantitative estimate of drug-likeness (QED) is 0.260. The van der Waals surface area contributed by atoms with Gasteiger partial charge in [-0.1, -0.05) is 0 Å². The molecule has 0 heterocycles. The number of primary amides is 1. The van der Waals surface area contributed by atoms with E-state index in [1.165, 1.54) is 0 Å². The monoisotopic (exact) mass is 276 g/mol. The van der Waals surface area contributed by atoms with Crippen LogP contribution < -0.4 is 22.1 Å². The Labute approximate surface area is 108 Å². The molecule has 2 unspecified atom stereocenters. The Kier molecular flexibility index (Phi) is 7.07. The first-order valence-corrected chi connectivity index (χ1v) is 5.22. The summed E-state index contributed by atoms with van der Waals surface area (Å²) in [4.78, 5) is 43.9. The molecule has 10 heteroatoms. The minimum atomic E-state index is -1.35. The van der Waals surface area contributed by atoms with Gasteiger partial charge in [-0.05, 0) is 0 Å². The highest BCUT2D eigenvalue weighted by atomic mass is 16.4. The molecule has 0 aliphatic carbocycles. The molecule has 0 aromatic carbocycles. The molecule has 0 aromatic heterocycles. The van der Waals surface area contributed by atoms with E-state index in [0.29, 0.717) is 0 Å². The van der Waals surface area contributed by atoms with Crippen molar-refractivity contribution < 1.29 is 29.4 Å². The third-order valence-electron chi connectivity index (χ3n) is 1.99. The van der Waals surface area contributed by atoms with E-state index in [0.717, 1.165) is 0 Å². The van der Waals surface area contributed by atoms with Crippen molar-refractivity contribution in [2.75, 3.05) is 13.2 Å². The zero-order valence-electron chi connectivity index (χ0n) is 9.96. The number of nitrogens with one attached hydrogen (secondary N) is 2. The van der Waals surface area contributed by atoms with Crippen molar-refractivity contribution in [3.8, 4) is 0 Å². The number of aliphatic hydroxyl groups excluding tert-OH is 1. The average molecular weight is 276 g/mol. The zero-order valence-corrected chi connectivity index (χ0v) is 9.96. The molecule has 2 atom stereocenters. The van der Waals surface area contributed by atoms with Gasteiger partial charge >= 0.3 is 5.97 Å². The number of carbonyl (C=O) groups excluding carboxylic acids is 3. The fourth-order valence-corrected chi connectivity index (χ4v) is 1.06. The summed E-state index contributed by atoms with van der Waals surface area (Å²) < 4.78 is 0. The van der Waals surface area contributed by atoms with Crippen LogP contribution in [0.1, 0.15) is 6.42 Å². The van der Waals surface area contributed by atoms with Gasteiger partial charge in [-0.15, -0.1) is 0 Å². The van der Waals surface area contributed by atoms with Gasteiger partial charge in [0.1, 0.15) is 18.6 Å². The van der Waals surface area contributed by atoms with Crippen LogP contribution in [-0.4, -0.2) is 59.1 Å². The molecule has 8 N–H and O–H groups in total. The minimum Gasteiger partial charge on any atom is -0.480 e. The fraction of sp³-hybridized carbons (Fsp3) is 0.556. The second-order valence-corrected chi connectivity index (χ2v) is 3.63. The summed E-state index contributed by atoms with van der Waals surface area (Å²) in [6.07, 6.45) is -0.519. The molecule has 0 radical (unpaired) electrons. The van der Waals surface area contributed by atoms with Crippen molar-refractivity contribution in [2.45, 2.75) is 18.5 Å². The van der Waals surface area contributed by atoms with Crippen LogP contribution in [0.25, 0.3) is 0 Å². The van der Waals surface area contributed by atoms with Crippen molar-refractivity contribution in [1.29, 1.82) is 0 Å². The molecule has 0 rings (SSSR count). The first-order chi connectivity index (χ1) is 8.77. The van der Waals surface area contributed by atoms with Crippen LogP contribution in [0.2, 0.25) is 0 Å². The Balaban J connectivity index is 4.61. The first-order valence-electron chi connectivity index (χ1n) is 5.22. The van der Waals surface area contributed by atoms with E-state index < -0.39 is 55.3 Å². The fourth-order valence-electron chi connectivity index (χ4n) is 1.06. The van der Waals surface area contributed by atoms with Gasteiger partial charge in [0.15, 0.2) is 0 Å². The lowest BCUT2D eigenvalue weighted by atomic mass is 10.1. The maximum atomic E-state index is 11.5. The van der Waals surface area contributed by atoms with E-state index in [-0.39, 0.29) is 0 Å². The summed E-state index contributed by atoms with van der Waals surface area (Å²) >= 11 is 0. The highest BCUT2D eigenvalue weighted by Crippen LogP contribution is 1.93. The van der Waals surface area contributed by atoms with Gasteiger partial charge < -0.3 is 32.3 Å². The first kappa shape index (κ1) is 16.8. The normalized spacial score (nSPS) is 13.2. The van der Waals surface area contributed by atoms with Gasteiger partial charge in [0.05, 0.1) is 13.0 Å². The van der Waals surface area contributed by atoms with Gasteiger partial charge in [0.2, 0.25) is 17.7 Å². The number of amides is 3. The van der Waals surface area contributed by atoms with E-state index in [1.807, 2.05) is 5.32 Å². The number of aliphatic hydroxyl groups is 1. The summed E-state index contributed by atoms with van der Waals surface area (Å²) in [7, 11) is 0. The molecule has 19 heavy (non-hydrogen) atoms. The highest BCUT2D eigenvalue weighted by molar-refractivity contribution is 5.93. The molecule has 0 fully saturated rings. The van der Waals surface area contributed by atoms with Gasteiger partial charge in [-0.25, -0.2) is 0 Å². The van der Waals surface area contributed by atoms with E-state index in [9.17, 15) is 19.2 Å². The lowest BCUT2D eigenvalue weighted by molar-refractivity contribution is -0.138. The summed E-state index contributed by atoms with van der Waals surface area (Å²) in [5.41, 5.74) is 10.1.